The molecular formula is C25H26N6O2. The quantitative estimate of drug-likeness (QED) is 0.451. The van der Waals surface area contributed by atoms with Crippen LogP contribution in [0.1, 0.15) is 17.5 Å². The molecule has 2 aromatic carbocycles. The van der Waals surface area contributed by atoms with E-state index < -0.39 is 0 Å². The minimum atomic E-state index is 0.289. The van der Waals surface area contributed by atoms with Gasteiger partial charge in [-0.3, -0.25) is 0 Å². The number of rotatable bonds is 7. The van der Waals surface area contributed by atoms with Crippen LogP contribution in [0.4, 0.5) is 11.7 Å². The lowest BCUT2D eigenvalue weighted by atomic mass is 10.0. The highest BCUT2D eigenvalue weighted by Gasteiger charge is 2.19. The number of likely N-dealkylation sites (N-methyl/N-ethyl adjacent to an activating group) is 1. The summed E-state index contributed by atoms with van der Waals surface area (Å²) in [6.45, 7) is 1.46. The van der Waals surface area contributed by atoms with Crippen LogP contribution in [0.25, 0.3) is 22.8 Å². The number of hydrogen-bond acceptors (Lipinski definition) is 8. The molecule has 0 radical (unpaired) electrons. The Morgan fingerprint density at radius 1 is 0.939 bits per heavy atom. The second-order valence-electron chi connectivity index (χ2n) is 8.33. The van der Waals surface area contributed by atoms with Crippen molar-refractivity contribution in [2.45, 2.75) is 19.3 Å². The van der Waals surface area contributed by atoms with Crippen LogP contribution in [-0.4, -0.2) is 52.5 Å². The van der Waals surface area contributed by atoms with Gasteiger partial charge in [-0.05, 0) is 62.7 Å². The molecule has 0 amide bonds. The second kappa shape index (κ2) is 9.38. The van der Waals surface area contributed by atoms with E-state index >= 15 is 0 Å². The first kappa shape index (κ1) is 21.1. The number of aryl methyl sites for hydroxylation is 2. The van der Waals surface area contributed by atoms with Crippen LogP contribution in [0.2, 0.25) is 0 Å². The van der Waals surface area contributed by atoms with Gasteiger partial charge in [-0.25, -0.2) is 0 Å². The predicted octanol–water partition coefficient (Wildman–Crippen LogP) is 4.37. The Labute approximate surface area is 192 Å². The summed E-state index contributed by atoms with van der Waals surface area (Å²) < 4.78 is 11.6. The molecule has 0 saturated heterocycles. The predicted molar refractivity (Wildman–Crippen MR) is 127 cm³/mol. The summed E-state index contributed by atoms with van der Waals surface area (Å²) in [5.41, 5.74) is 5.95. The summed E-state index contributed by atoms with van der Waals surface area (Å²) in [5.74, 6) is 1.11. The van der Waals surface area contributed by atoms with Gasteiger partial charge in [0.15, 0.2) is 5.69 Å². The number of anilines is 2. The number of hydrogen-bond donors (Lipinski definition) is 1. The number of ether oxygens (including phenoxy) is 1. The summed E-state index contributed by atoms with van der Waals surface area (Å²) in [5, 5.41) is 20.4. The van der Waals surface area contributed by atoms with E-state index in [2.05, 4.69) is 48.8 Å². The molecule has 2 aromatic heterocycles. The molecule has 4 aromatic rings. The lowest BCUT2D eigenvalue weighted by molar-refractivity contribution is 0.261. The molecule has 0 bridgehead atoms. The van der Waals surface area contributed by atoms with Gasteiger partial charge in [0.05, 0.1) is 5.69 Å². The van der Waals surface area contributed by atoms with Gasteiger partial charge < -0.3 is 19.4 Å². The first-order valence-electron chi connectivity index (χ1n) is 11.1. The maximum Gasteiger partial charge on any atom is 0.320 e. The zero-order chi connectivity index (χ0) is 22.6. The van der Waals surface area contributed by atoms with Crippen molar-refractivity contribution in [1.82, 2.24) is 25.3 Å². The van der Waals surface area contributed by atoms with Crippen LogP contribution in [0.15, 0.2) is 59.0 Å². The Morgan fingerprint density at radius 2 is 1.82 bits per heavy atom. The third-order valence-electron chi connectivity index (χ3n) is 5.57. The Kier molecular flexibility index (Phi) is 5.99. The van der Waals surface area contributed by atoms with Crippen LogP contribution >= 0.6 is 0 Å². The Morgan fingerprint density at radius 3 is 2.73 bits per heavy atom. The third kappa shape index (κ3) is 4.85. The van der Waals surface area contributed by atoms with Crippen LogP contribution in [0, 0.1) is 0 Å². The molecule has 0 unspecified atom stereocenters. The van der Waals surface area contributed by atoms with Crippen LogP contribution in [0.3, 0.4) is 0 Å². The molecule has 1 aliphatic rings. The van der Waals surface area contributed by atoms with Crippen LogP contribution < -0.4 is 10.1 Å². The van der Waals surface area contributed by atoms with Gasteiger partial charge in [-0.2, -0.15) is 0 Å². The Hall–Kier alpha value is -3.78. The fraction of sp³-hybridized carbons (Fsp3) is 0.280. The fourth-order valence-corrected chi connectivity index (χ4v) is 3.90. The molecule has 8 heteroatoms. The maximum absolute atomic E-state index is 5.83. The molecule has 1 N–H and O–H groups in total. The first-order valence-corrected chi connectivity index (χ1v) is 11.1. The molecule has 168 valence electrons. The highest BCUT2D eigenvalue weighted by Crippen LogP contribution is 2.32. The maximum atomic E-state index is 5.83. The SMILES string of the molecule is CN(C)CCOc1cccc(Nc2nnc(-c3cc4c(nn3)-c3ccccc3CCC4)o2)c1. The number of fused-ring (bicyclic) bond motifs is 3. The van der Waals surface area contributed by atoms with Gasteiger partial charge in [0.1, 0.15) is 12.4 Å². The van der Waals surface area contributed by atoms with Crippen molar-refractivity contribution in [3.63, 3.8) is 0 Å². The lowest BCUT2D eigenvalue weighted by Gasteiger charge is -2.11. The van der Waals surface area contributed by atoms with Gasteiger partial charge in [-0.1, -0.05) is 35.4 Å². The molecular weight excluding hydrogens is 416 g/mol. The van der Waals surface area contributed by atoms with Gasteiger partial charge in [0.25, 0.3) is 5.89 Å². The van der Waals surface area contributed by atoms with Crippen molar-refractivity contribution in [2.75, 3.05) is 32.6 Å². The largest absolute Gasteiger partial charge is 0.492 e. The van der Waals surface area contributed by atoms with Gasteiger partial charge in [0.2, 0.25) is 0 Å². The van der Waals surface area contributed by atoms with E-state index in [4.69, 9.17) is 9.15 Å². The highest BCUT2D eigenvalue weighted by atomic mass is 16.5. The minimum absolute atomic E-state index is 0.289. The second-order valence-corrected chi connectivity index (χ2v) is 8.33. The van der Waals surface area contributed by atoms with E-state index in [9.17, 15) is 0 Å². The van der Waals surface area contributed by atoms with E-state index in [1.165, 1.54) is 5.56 Å². The zero-order valence-electron chi connectivity index (χ0n) is 18.8. The minimum Gasteiger partial charge on any atom is -0.492 e. The van der Waals surface area contributed by atoms with Crippen molar-refractivity contribution in [3.05, 3.63) is 65.7 Å². The number of nitrogens with zero attached hydrogens (tertiary/aromatic N) is 5. The molecule has 5 rings (SSSR count). The van der Waals surface area contributed by atoms with Crippen molar-refractivity contribution in [1.29, 1.82) is 0 Å². The van der Waals surface area contributed by atoms with Crippen molar-refractivity contribution in [3.8, 4) is 28.6 Å². The monoisotopic (exact) mass is 442 g/mol. The third-order valence-corrected chi connectivity index (χ3v) is 5.57. The molecule has 1 aliphatic carbocycles. The fourth-order valence-electron chi connectivity index (χ4n) is 3.90. The Balaban J connectivity index is 1.32. The summed E-state index contributed by atoms with van der Waals surface area (Å²) in [6, 6.07) is 18.4. The summed E-state index contributed by atoms with van der Waals surface area (Å²) >= 11 is 0. The molecule has 0 spiro atoms. The first-order chi connectivity index (χ1) is 16.2. The smallest absolute Gasteiger partial charge is 0.320 e. The number of nitrogens with one attached hydrogen (secondary N) is 1. The standard InChI is InChI=1S/C25H26N6O2/c1-31(2)13-14-32-20-11-6-10-19(16-20)26-25-30-29-24(33-25)22-15-18-9-5-8-17-7-3-4-12-21(17)23(18)28-27-22/h3-4,6-7,10-12,15-16H,5,8-9,13-14H2,1-2H3,(H,26,30). The van der Waals surface area contributed by atoms with Crippen molar-refractivity contribution < 1.29 is 9.15 Å². The zero-order valence-corrected chi connectivity index (χ0v) is 18.8. The van der Waals surface area contributed by atoms with Gasteiger partial charge >= 0.3 is 6.01 Å². The summed E-state index contributed by atoms with van der Waals surface area (Å²) in [4.78, 5) is 2.08. The van der Waals surface area contributed by atoms with Gasteiger partial charge in [0, 0.05) is 23.9 Å². The lowest BCUT2D eigenvalue weighted by Crippen LogP contribution is -2.19. The molecule has 0 fully saturated rings. The normalized spacial score (nSPS) is 12.7. The molecule has 8 nitrogen and oxygen atoms in total. The van der Waals surface area contributed by atoms with Crippen LogP contribution in [0.5, 0.6) is 5.75 Å². The molecule has 0 atom stereocenters. The Bertz CT molecular complexity index is 1250. The number of aromatic nitrogens is 4. The van der Waals surface area contributed by atoms with Crippen molar-refractivity contribution in [2.24, 2.45) is 0 Å². The molecule has 33 heavy (non-hydrogen) atoms. The van der Waals surface area contributed by atoms with Crippen LogP contribution in [-0.2, 0) is 12.8 Å². The van der Waals surface area contributed by atoms with Crippen molar-refractivity contribution >= 4 is 11.7 Å². The summed E-state index contributed by atoms with van der Waals surface area (Å²) in [7, 11) is 4.03. The average Bonchev–Trinajstić information content (AvgIpc) is 3.19. The van der Waals surface area contributed by atoms with E-state index in [1.54, 1.807) is 0 Å². The van der Waals surface area contributed by atoms with Gasteiger partial charge in [-0.15, -0.1) is 15.3 Å². The summed E-state index contributed by atoms with van der Waals surface area (Å²) in [6.07, 6.45) is 3.04. The highest BCUT2D eigenvalue weighted by molar-refractivity contribution is 5.69. The van der Waals surface area contributed by atoms with E-state index in [0.29, 0.717) is 18.2 Å². The van der Waals surface area contributed by atoms with E-state index in [0.717, 1.165) is 54.1 Å². The van der Waals surface area contributed by atoms with E-state index in [-0.39, 0.29) is 6.01 Å². The topological polar surface area (TPSA) is 89.2 Å². The molecule has 2 heterocycles. The molecule has 0 saturated carbocycles. The van der Waals surface area contributed by atoms with E-state index in [1.807, 2.05) is 50.5 Å². The number of benzene rings is 2. The molecule has 0 aliphatic heterocycles. The average molecular weight is 443 g/mol.